The van der Waals surface area contributed by atoms with Crippen molar-refractivity contribution in [3.8, 4) is 0 Å². The van der Waals surface area contributed by atoms with Crippen molar-refractivity contribution in [2.75, 3.05) is 13.2 Å². The maximum Gasteiger partial charge on any atom is 0.306 e. The van der Waals surface area contributed by atoms with Gasteiger partial charge in [0.2, 0.25) is 0 Å². The predicted octanol–water partition coefficient (Wildman–Crippen LogP) is 23.6. The largest absolute Gasteiger partial charge is 0.462 e. The van der Waals surface area contributed by atoms with Gasteiger partial charge in [-0.05, 0) is 96.3 Å². The molecule has 1 unspecified atom stereocenters. The first kappa shape index (κ1) is 76.3. The van der Waals surface area contributed by atoms with Gasteiger partial charge in [0, 0.05) is 19.3 Å². The summed E-state index contributed by atoms with van der Waals surface area (Å²) in [5.41, 5.74) is 0. The lowest BCUT2D eigenvalue weighted by molar-refractivity contribution is -0.167. The van der Waals surface area contributed by atoms with Crippen LogP contribution in [0.25, 0.3) is 0 Å². The van der Waals surface area contributed by atoms with E-state index < -0.39 is 6.10 Å². The maximum absolute atomic E-state index is 12.9. The van der Waals surface area contributed by atoms with E-state index in [1.54, 1.807) is 0 Å². The van der Waals surface area contributed by atoms with Gasteiger partial charge in [-0.2, -0.15) is 0 Å². The lowest BCUT2D eigenvalue weighted by atomic mass is 10.0. The van der Waals surface area contributed by atoms with E-state index >= 15 is 0 Å². The fourth-order valence-corrected chi connectivity index (χ4v) is 9.78. The molecular weight excluding hydrogens is 985 g/mol. The number of unbranched alkanes of at least 4 members (excludes halogenated alkanes) is 35. The van der Waals surface area contributed by atoms with Crippen molar-refractivity contribution in [1.29, 1.82) is 0 Å². The molecule has 1 atom stereocenters. The van der Waals surface area contributed by atoms with Crippen LogP contribution in [0.4, 0.5) is 0 Å². The van der Waals surface area contributed by atoms with E-state index in [9.17, 15) is 14.4 Å². The van der Waals surface area contributed by atoms with Crippen molar-refractivity contribution in [3.63, 3.8) is 0 Å². The molecule has 0 aromatic heterocycles. The van der Waals surface area contributed by atoms with Gasteiger partial charge < -0.3 is 14.2 Å². The molecule has 0 aliphatic heterocycles. The minimum absolute atomic E-state index is 0.0762. The summed E-state index contributed by atoms with van der Waals surface area (Å²) in [5, 5.41) is 0. The summed E-state index contributed by atoms with van der Waals surface area (Å²) in [5.74, 6) is -0.873. The number of rotatable bonds is 62. The molecule has 460 valence electrons. The zero-order chi connectivity index (χ0) is 57.8. The van der Waals surface area contributed by atoms with E-state index in [1.807, 2.05) is 0 Å². The van der Waals surface area contributed by atoms with Gasteiger partial charge >= 0.3 is 17.9 Å². The van der Waals surface area contributed by atoms with Crippen molar-refractivity contribution < 1.29 is 28.6 Å². The van der Waals surface area contributed by atoms with Crippen LogP contribution >= 0.6 is 0 Å². The number of hydrogen-bond acceptors (Lipinski definition) is 6. The van der Waals surface area contributed by atoms with E-state index in [2.05, 4.69) is 118 Å². The summed E-state index contributed by atoms with van der Waals surface area (Å²) < 4.78 is 16.9. The fourth-order valence-electron chi connectivity index (χ4n) is 9.78. The van der Waals surface area contributed by atoms with Crippen molar-refractivity contribution >= 4 is 17.9 Å². The van der Waals surface area contributed by atoms with Crippen molar-refractivity contribution in [2.45, 2.75) is 341 Å². The molecule has 0 heterocycles. The smallest absolute Gasteiger partial charge is 0.306 e. The van der Waals surface area contributed by atoms with Gasteiger partial charge in [0.05, 0.1) is 0 Å². The Balaban J connectivity index is 4.07. The van der Waals surface area contributed by atoms with Crippen LogP contribution in [0, 0.1) is 0 Å². The standard InChI is InChI=1S/C74H128O6/c1-4-7-10-13-16-19-22-24-26-28-29-30-31-32-33-34-35-36-37-38-39-40-41-42-43-44-45-47-48-50-52-55-58-61-64-67-73(76)79-70-71(69-78-72(75)66-63-60-57-54-21-18-15-12-9-6-3)80-74(77)68-65-62-59-56-53-51-49-46-27-25-23-20-17-14-11-8-5-2/h7-8,10-11,16-17,19-20,24-27,29-30,32-33,71H,4-6,9,12-15,18,21-23,28,31,34-70H2,1-3H3/b10-7-,11-8-,19-16-,20-17-,26-24-,27-25-,30-29-,33-32-. The summed E-state index contributed by atoms with van der Waals surface area (Å²) in [6.45, 7) is 6.43. The fraction of sp³-hybridized carbons (Fsp3) is 0.743. The second-order valence-corrected chi connectivity index (χ2v) is 22.7. The second kappa shape index (κ2) is 67.8. The summed E-state index contributed by atoms with van der Waals surface area (Å²) >= 11 is 0. The van der Waals surface area contributed by atoms with Gasteiger partial charge in [0.15, 0.2) is 6.10 Å². The minimum Gasteiger partial charge on any atom is -0.462 e. The summed E-state index contributed by atoms with van der Waals surface area (Å²) in [4.78, 5) is 38.2. The normalized spacial score (nSPS) is 12.7. The average molecular weight is 1110 g/mol. The molecule has 0 aromatic carbocycles. The van der Waals surface area contributed by atoms with Crippen molar-refractivity contribution in [3.05, 3.63) is 97.2 Å². The molecule has 0 rings (SSSR count). The third kappa shape index (κ3) is 65.1. The number of esters is 3. The molecule has 6 nitrogen and oxygen atoms in total. The van der Waals surface area contributed by atoms with Gasteiger partial charge in [0.25, 0.3) is 0 Å². The Labute approximate surface area is 496 Å². The van der Waals surface area contributed by atoms with Gasteiger partial charge in [-0.25, -0.2) is 0 Å². The van der Waals surface area contributed by atoms with Crippen LogP contribution in [0.1, 0.15) is 335 Å². The van der Waals surface area contributed by atoms with Crippen molar-refractivity contribution in [2.24, 2.45) is 0 Å². The maximum atomic E-state index is 12.9. The quantitative estimate of drug-likeness (QED) is 0.0261. The zero-order valence-corrected chi connectivity index (χ0v) is 52.8. The van der Waals surface area contributed by atoms with Crippen LogP contribution in [0.2, 0.25) is 0 Å². The van der Waals surface area contributed by atoms with Crippen LogP contribution < -0.4 is 0 Å². The molecule has 0 bridgehead atoms. The number of allylic oxidation sites excluding steroid dienone is 16. The van der Waals surface area contributed by atoms with E-state index in [1.165, 1.54) is 180 Å². The zero-order valence-electron chi connectivity index (χ0n) is 52.8. The number of carbonyl (C=O) groups excluding carboxylic acids is 3. The number of carbonyl (C=O) groups is 3. The third-order valence-corrected chi connectivity index (χ3v) is 14.8. The third-order valence-electron chi connectivity index (χ3n) is 14.8. The van der Waals surface area contributed by atoms with Crippen LogP contribution in [0.15, 0.2) is 97.2 Å². The SMILES string of the molecule is CC/C=C\C/C=C\C/C=C\C/C=C\C/C=C\CCCCCCCCCCCCCCCCCCCCCC(=O)OCC(COC(=O)CCCCCCCCCCCC)OC(=O)CCCCCCCCC/C=C\C/C=C\C/C=C\CC. The molecule has 0 saturated heterocycles. The van der Waals surface area contributed by atoms with E-state index in [0.717, 1.165) is 116 Å². The lowest BCUT2D eigenvalue weighted by Crippen LogP contribution is -2.30. The van der Waals surface area contributed by atoms with Crippen LogP contribution in [0.5, 0.6) is 0 Å². The predicted molar refractivity (Wildman–Crippen MR) is 348 cm³/mol. The number of hydrogen-bond donors (Lipinski definition) is 0. The Kier molecular flexibility index (Phi) is 64.7. The highest BCUT2D eigenvalue weighted by atomic mass is 16.6. The molecule has 0 radical (unpaired) electrons. The molecule has 0 aromatic rings. The van der Waals surface area contributed by atoms with Gasteiger partial charge in [0.1, 0.15) is 13.2 Å². The molecule has 0 fully saturated rings. The molecular formula is C74H128O6. The Morgan fingerprint density at radius 1 is 0.263 bits per heavy atom. The van der Waals surface area contributed by atoms with Gasteiger partial charge in [-0.3, -0.25) is 14.4 Å². The highest BCUT2D eigenvalue weighted by Crippen LogP contribution is 2.17. The summed E-state index contributed by atoms with van der Waals surface area (Å²) in [6.07, 6.45) is 91.6. The Morgan fingerprint density at radius 3 is 0.762 bits per heavy atom. The van der Waals surface area contributed by atoms with Crippen LogP contribution in [0.3, 0.4) is 0 Å². The molecule has 0 saturated carbocycles. The number of ether oxygens (including phenoxy) is 3. The first-order chi connectivity index (χ1) is 39.5. The Morgan fingerprint density at radius 2 is 0.487 bits per heavy atom. The Hall–Kier alpha value is -3.67. The average Bonchev–Trinajstić information content (AvgIpc) is 3.46. The molecule has 80 heavy (non-hydrogen) atoms. The van der Waals surface area contributed by atoms with Crippen LogP contribution in [-0.4, -0.2) is 37.2 Å². The molecule has 0 N–H and O–H groups in total. The molecule has 0 spiro atoms. The van der Waals surface area contributed by atoms with E-state index in [4.69, 9.17) is 14.2 Å². The van der Waals surface area contributed by atoms with Gasteiger partial charge in [-0.15, -0.1) is 0 Å². The highest BCUT2D eigenvalue weighted by Gasteiger charge is 2.19. The molecule has 0 aliphatic carbocycles. The van der Waals surface area contributed by atoms with Gasteiger partial charge in [-0.1, -0.05) is 317 Å². The van der Waals surface area contributed by atoms with Crippen LogP contribution in [-0.2, 0) is 28.6 Å². The first-order valence-corrected chi connectivity index (χ1v) is 34.2. The summed E-state index contributed by atoms with van der Waals surface area (Å²) in [7, 11) is 0. The first-order valence-electron chi connectivity index (χ1n) is 34.2. The Bertz CT molecular complexity index is 1560. The molecule has 6 heteroatoms. The summed E-state index contributed by atoms with van der Waals surface area (Å²) in [6, 6.07) is 0. The minimum atomic E-state index is -0.779. The monoisotopic (exact) mass is 1110 g/mol. The molecule has 0 amide bonds. The topological polar surface area (TPSA) is 78.9 Å². The van der Waals surface area contributed by atoms with E-state index in [0.29, 0.717) is 19.3 Å². The van der Waals surface area contributed by atoms with E-state index in [-0.39, 0.29) is 31.1 Å². The molecule has 0 aliphatic rings. The highest BCUT2D eigenvalue weighted by molar-refractivity contribution is 5.71. The second-order valence-electron chi connectivity index (χ2n) is 22.7. The lowest BCUT2D eigenvalue weighted by Gasteiger charge is -2.18. The van der Waals surface area contributed by atoms with Crippen molar-refractivity contribution in [1.82, 2.24) is 0 Å².